The highest BCUT2D eigenvalue weighted by Crippen LogP contribution is 2.37. The second-order valence-electron chi connectivity index (χ2n) is 5.17. The number of nitrogens with two attached hydrogens (primary N) is 1. The Kier molecular flexibility index (Phi) is 6.47. The van der Waals surface area contributed by atoms with Crippen LogP contribution in [0.3, 0.4) is 0 Å². The van der Waals surface area contributed by atoms with E-state index in [1.165, 1.54) is 0 Å². The highest BCUT2D eigenvalue weighted by atomic mass is 32.2. The number of carbonyl (C=O) groups is 1. The van der Waals surface area contributed by atoms with Crippen molar-refractivity contribution in [1.82, 2.24) is 4.31 Å². The molecule has 0 radical (unpaired) electrons. The summed E-state index contributed by atoms with van der Waals surface area (Å²) >= 11 is 0. The van der Waals surface area contributed by atoms with Gasteiger partial charge in [-0.05, 0) is 23.8 Å². The standard InChI is InChI=1S/C14H14F6N2O3S/c1-2-5-22(7-12(21)23)26(24,25)8-9-6-10(13(15,16)17)3-4-11(9)14(18,19)20/h2-4,6H,1,5,7-8H2,(H2,21,23). The van der Waals surface area contributed by atoms with Crippen LogP contribution in [0.1, 0.15) is 16.7 Å². The first-order valence-corrected chi connectivity index (χ1v) is 8.43. The van der Waals surface area contributed by atoms with E-state index >= 15 is 0 Å². The topological polar surface area (TPSA) is 80.5 Å². The predicted octanol–water partition coefficient (Wildman–Crippen LogP) is 2.53. The lowest BCUT2D eigenvalue weighted by Crippen LogP contribution is -2.39. The minimum absolute atomic E-state index is 0.122. The van der Waals surface area contributed by atoms with E-state index in [4.69, 9.17) is 5.73 Å². The molecule has 0 aliphatic rings. The Labute approximate surface area is 145 Å². The fraction of sp³-hybridized carbons (Fsp3) is 0.357. The van der Waals surface area contributed by atoms with Gasteiger partial charge in [-0.15, -0.1) is 6.58 Å². The van der Waals surface area contributed by atoms with Crippen LogP contribution in [0, 0.1) is 0 Å². The molecule has 0 aliphatic carbocycles. The number of sulfonamides is 1. The van der Waals surface area contributed by atoms with Gasteiger partial charge < -0.3 is 5.73 Å². The van der Waals surface area contributed by atoms with Crippen LogP contribution in [0.5, 0.6) is 0 Å². The maximum Gasteiger partial charge on any atom is 0.416 e. The largest absolute Gasteiger partial charge is 0.416 e. The summed E-state index contributed by atoms with van der Waals surface area (Å²) in [5.41, 5.74) is 0.843. The number of rotatable bonds is 7. The molecule has 1 amide bonds. The van der Waals surface area contributed by atoms with Crippen LogP contribution >= 0.6 is 0 Å². The van der Waals surface area contributed by atoms with Gasteiger partial charge >= 0.3 is 12.4 Å². The number of amides is 1. The maximum atomic E-state index is 13.0. The molecular weight excluding hydrogens is 390 g/mol. The third-order valence-corrected chi connectivity index (χ3v) is 4.87. The normalized spacial score (nSPS) is 13.0. The smallest absolute Gasteiger partial charge is 0.369 e. The van der Waals surface area contributed by atoms with Crippen LogP contribution in [0.25, 0.3) is 0 Å². The van der Waals surface area contributed by atoms with Crippen molar-refractivity contribution in [2.45, 2.75) is 18.1 Å². The van der Waals surface area contributed by atoms with E-state index in [9.17, 15) is 39.6 Å². The predicted molar refractivity (Wildman–Crippen MR) is 80.0 cm³/mol. The summed E-state index contributed by atoms with van der Waals surface area (Å²) in [5, 5.41) is 0. The van der Waals surface area contributed by atoms with E-state index < -0.39 is 63.8 Å². The molecule has 0 saturated carbocycles. The summed E-state index contributed by atoms with van der Waals surface area (Å²) in [6.07, 6.45) is -8.98. The molecule has 1 rings (SSSR count). The monoisotopic (exact) mass is 404 g/mol. The minimum atomic E-state index is -5.07. The van der Waals surface area contributed by atoms with Gasteiger partial charge in [0.2, 0.25) is 15.9 Å². The van der Waals surface area contributed by atoms with Crippen molar-refractivity contribution in [3.8, 4) is 0 Å². The van der Waals surface area contributed by atoms with Crippen LogP contribution in [0.4, 0.5) is 26.3 Å². The number of halogens is 6. The molecule has 1 aromatic rings. The first-order valence-electron chi connectivity index (χ1n) is 6.83. The molecule has 5 nitrogen and oxygen atoms in total. The van der Waals surface area contributed by atoms with Crippen molar-refractivity contribution in [3.05, 3.63) is 47.5 Å². The number of nitrogens with zero attached hydrogens (tertiary/aromatic N) is 1. The number of alkyl halides is 6. The maximum absolute atomic E-state index is 13.0. The third-order valence-electron chi connectivity index (χ3n) is 3.13. The summed E-state index contributed by atoms with van der Waals surface area (Å²) < 4.78 is 102. The highest BCUT2D eigenvalue weighted by molar-refractivity contribution is 7.88. The minimum Gasteiger partial charge on any atom is -0.369 e. The third kappa shape index (κ3) is 5.73. The number of benzene rings is 1. The Morgan fingerprint density at radius 1 is 1.15 bits per heavy atom. The Morgan fingerprint density at radius 3 is 2.15 bits per heavy atom. The number of carbonyl (C=O) groups excluding carboxylic acids is 1. The summed E-state index contributed by atoms with van der Waals surface area (Å²) in [6.45, 7) is 1.94. The Hall–Kier alpha value is -2.08. The van der Waals surface area contributed by atoms with E-state index in [-0.39, 0.29) is 18.2 Å². The van der Waals surface area contributed by atoms with Gasteiger partial charge in [0.05, 0.1) is 23.4 Å². The zero-order chi connectivity index (χ0) is 20.3. The molecule has 0 bridgehead atoms. The van der Waals surface area contributed by atoms with Crippen LogP contribution in [0.2, 0.25) is 0 Å². The van der Waals surface area contributed by atoms with E-state index in [1.807, 2.05) is 0 Å². The fourth-order valence-corrected chi connectivity index (χ4v) is 3.52. The average molecular weight is 404 g/mol. The van der Waals surface area contributed by atoms with E-state index in [2.05, 4.69) is 6.58 Å². The average Bonchev–Trinajstić information content (AvgIpc) is 2.43. The van der Waals surface area contributed by atoms with Gasteiger partial charge in [0.25, 0.3) is 0 Å². The Morgan fingerprint density at radius 2 is 1.73 bits per heavy atom. The molecule has 146 valence electrons. The van der Waals surface area contributed by atoms with Crippen molar-refractivity contribution in [1.29, 1.82) is 0 Å². The Bertz CT molecular complexity index is 787. The zero-order valence-corrected chi connectivity index (χ0v) is 13.9. The van der Waals surface area contributed by atoms with Gasteiger partial charge in [-0.25, -0.2) is 8.42 Å². The van der Waals surface area contributed by atoms with Gasteiger partial charge in [0.15, 0.2) is 0 Å². The quantitative estimate of drug-likeness (QED) is 0.560. The van der Waals surface area contributed by atoms with Gasteiger partial charge in [-0.1, -0.05) is 6.08 Å². The van der Waals surface area contributed by atoms with Crippen molar-refractivity contribution in [2.24, 2.45) is 5.73 Å². The summed E-state index contributed by atoms with van der Waals surface area (Å²) in [7, 11) is -4.58. The van der Waals surface area contributed by atoms with Crippen molar-refractivity contribution in [3.63, 3.8) is 0 Å². The van der Waals surface area contributed by atoms with Crippen LogP contribution in [-0.2, 0) is 32.9 Å². The molecule has 0 aromatic heterocycles. The van der Waals surface area contributed by atoms with Gasteiger partial charge in [-0.2, -0.15) is 30.6 Å². The summed E-state index contributed by atoms with van der Waals surface area (Å²) in [6, 6.07) is 0.500. The molecule has 0 saturated heterocycles. The lowest BCUT2D eigenvalue weighted by Gasteiger charge is -2.21. The zero-order valence-electron chi connectivity index (χ0n) is 13.1. The molecule has 0 aliphatic heterocycles. The first kappa shape index (κ1) is 22.0. The molecule has 12 heteroatoms. The second kappa shape index (κ2) is 7.66. The van der Waals surface area contributed by atoms with Crippen LogP contribution < -0.4 is 5.73 Å². The number of primary amides is 1. The summed E-state index contributed by atoms with van der Waals surface area (Å²) in [4.78, 5) is 10.9. The highest BCUT2D eigenvalue weighted by Gasteiger charge is 2.38. The number of hydrogen-bond donors (Lipinski definition) is 1. The van der Waals surface area contributed by atoms with Gasteiger partial charge in [-0.3, -0.25) is 4.79 Å². The van der Waals surface area contributed by atoms with E-state index in [0.717, 1.165) is 6.08 Å². The van der Waals surface area contributed by atoms with Crippen molar-refractivity contribution < 1.29 is 39.6 Å². The summed E-state index contributed by atoms with van der Waals surface area (Å²) in [5.74, 6) is -2.48. The molecule has 0 heterocycles. The molecule has 0 fully saturated rings. The molecule has 26 heavy (non-hydrogen) atoms. The van der Waals surface area contributed by atoms with Crippen molar-refractivity contribution in [2.75, 3.05) is 13.1 Å². The second-order valence-corrected chi connectivity index (χ2v) is 7.14. The number of hydrogen-bond acceptors (Lipinski definition) is 3. The lowest BCUT2D eigenvalue weighted by molar-refractivity contribution is -0.141. The van der Waals surface area contributed by atoms with Crippen molar-refractivity contribution >= 4 is 15.9 Å². The van der Waals surface area contributed by atoms with Crippen LogP contribution in [0.15, 0.2) is 30.9 Å². The SMILES string of the molecule is C=CCN(CC(N)=O)S(=O)(=O)Cc1cc(C(F)(F)F)ccc1C(F)(F)F. The first-order chi connectivity index (χ1) is 11.7. The van der Waals surface area contributed by atoms with E-state index in [1.54, 1.807) is 0 Å². The molecule has 0 atom stereocenters. The molecule has 0 spiro atoms. The molecular formula is C14H14F6N2O3S. The van der Waals surface area contributed by atoms with E-state index in [0.29, 0.717) is 4.31 Å². The van der Waals surface area contributed by atoms with Gasteiger partial charge in [0.1, 0.15) is 0 Å². The van der Waals surface area contributed by atoms with Crippen LogP contribution in [-0.4, -0.2) is 31.7 Å². The van der Waals surface area contributed by atoms with Gasteiger partial charge in [0, 0.05) is 6.54 Å². The fourth-order valence-electron chi connectivity index (χ4n) is 2.05. The lowest BCUT2D eigenvalue weighted by atomic mass is 10.0. The molecule has 1 aromatic carbocycles. The Balaban J connectivity index is 3.43. The molecule has 0 unspecified atom stereocenters. The molecule has 2 N–H and O–H groups in total.